The molecule has 0 aromatic rings. The zero-order chi connectivity index (χ0) is 12.8. The van der Waals surface area contributed by atoms with E-state index in [0.717, 1.165) is 6.54 Å². The predicted octanol–water partition coefficient (Wildman–Crippen LogP) is 2.05. The van der Waals surface area contributed by atoms with E-state index in [1.54, 1.807) is 6.08 Å². The first-order valence-electron chi connectivity index (χ1n) is 6.62. The van der Waals surface area contributed by atoms with Crippen molar-refractivity contribution in [2.24, 2.45) is 11.8 Å². The molecule has 2 unspecified atom stereocenters. The van der Waals surface area contributed by atoms with Crippen LogP contribution in [0.4, 0.5) is 0 Å². The van der Waals surface area contributed by atoms with Crippen molar-refractivity contribution < 1.29 is 4.79 Å². The Morgan fingerprint density at radius 2 is 1.88 bits per heavy atom. The van der Waals surface area contributed by atoms with E-state index in [1.165, 1.54) is 19.3 Å². The lowest BCUT2D eigenvalue weighted by Gasteiger charge is -2.34. The van der Waals surface area contributed by atoms with E-state index in [1.807, 2.05) is 25.1 Å². The van der Waals surface area contributed by atoms with Gasteiger partial charge in [0.1, 0.15) is 0 Å². The summed E-state index contributed by atoms with van der Waals surface area (Å²) in [5.41, 5.74) is 0. The Kier molecular flexibility index (Phi) is 5.69. The molecule has 0 bridgehead atoms. The standard InChI is InChI=1S/C14H26N2O/c1-11-7-5-8-12(2)14(11)15-13(17)9-6-10-16(3)4/h6,9,11-12,14H,5,7-8,10H2,1-4H3,(H,15,17)/b9-6+. The van der Waals surface area contributed by atoms with Crippen molar-refractivity contribution in [1.29, 1.82) is 0 Å². The SMILES string of the molecule is CC1CCCC(C)C1NC(=O)/C=C/CN(C)C. The molecular weight excluding hydrogens is 212 g/mol. The fourth-order valence-electron chi connectivity index (χ4n) is 2.55. The number of carbonyl (C=O) groups is 1. The fourth-order valence-corrected chi connectivity index (χ4v) is 2.55. The highest BCUT2D eigenvalue weighted by atomic mass is 16.1. The molecule has 3 heteroatoms. The van der Waals surface area contributed by atoms with Gasteiger partial charge in [0.2, 0.25) is 5.91 Å². The van der Waals surface area contributed by atoms with Crippen molar-refractivity contribution in [3.05, 3.63) is 12.2 Å². The third-order valence-corrected chi connectivity index (χ3v) is 3.59. The first kappa shape index (κ1) is 14.2. The first-order chi connectivity index (χ1) is 8.00. The number of likely N-dealkylation sites (N-methyl/N-ethyl adjacent to an activating group) is 1. The highest BCUT2D eigenvalue weighted by Gasteiger charge is 2.28. The van der Waals surface area contributed by atoms with Crippen LogP contribution in [0.3, 0.4) is 0 Å². The summed E-state index contributed by atoms with van der Waals surface area (Å²) in [5.74, 6) is 1.26. The maximum absolute atomic E-state index is 11.8. The lowest BCUT2D eigenvalue weighted by Crippen LogP contribution is -2.45. The lowest BCUT2D eigenvalue weighted by molar-refractivity contribution is -0.118. The average molecular weight is 238 g/mol. The molecule has 0 spiro atoms. The van der Waals surface area contributed by atoms with E-state index in [0.29, 0.717) is 17.9 Å². The zero-order valence-corrected chi connectivity index (χ0v) is 11.6. The van der Waals surface area contributed by atoms with Crippen LogP contribution in [0.2, 0.25) is 0 Å². The topological polar surface area (TPSA) is 32.3 Å². The fraction of sp³-hybridized carbons (Fsp3) is 0.786. The number of amides is 1. The molecule has 1 fully saturated rings. The van der Waals surface area contributed by atoms with Gasteiger partial charge in [-0.25, -0.2) is 0 Å². The second kappa shape index (κ2) is 6.80. The molecule has 0 saturated heterocycles. The Hall–Kier alpha value is -0.830. The summed E-state index contributed by atoms with van der Waals surface area (Å²) in [6.07, 6.45) is 7.33. The maximum atomic E-state index is 11.8. The van der Waals surface area contributed by atoms with Gasteiger partial charge in [-0.2, -0.15) is 0 Å². The van der Waals surface area contributed by atoms with Crippen LogP contribution in [0, 0.1) is 11.8 Å². The van der Waals surface area contributed by atoms with Crippen LogP contribution in [0.1, 0.15) is 33.1 Å². The van der Waals surface area contributed by atoms with E-state index in [-0.39, 0.29) is 5.91 Å². The number of hydrogen-bond acceptors (Lipinski definition) is 2. The molecule has 3 nitrogen and oxygen atoms in total. The molecule has 0 aliphatic heterocycles. The lowest BCUT2D eigenvalue weighted by atomic mass is 9.79. The van der Waals surface area contributed by atoms with Crippen LogP contribution in [0.5, 0.6) is 0 Å². The molecule has 0 aromatic heterocycles. The van der Waals surface area contributed by atoms with Gasteiger partial charge < -0.3 is 10.2 Å². The molecule has 1 aliphatic rings. The van der Waals surface area contributed by atoms with E-state index in [4.69, 9.17) is 0 Å². The quantitative estimate of drug-likeness (QED) is 0.760. The molecule has 98 valence electrons. The van der Waals surface area contributed by atoms with Gasteiger partial charge in [-0.05, 0) is 38.8 Å². The normalized spacial score (nSPS) is 29.8. The van der Waals surface area contributed by atoms with Crippen molar-refractivity contribution in [3.8, 4) is 0 Å². The third-order valence-electron chi connectivity index (χ3n) is 3.59. The van der Waals surface area contributed by atoms with Crippen molar-refractivity contribution in [1.82, 2.24) is 10.2 Å². The molecular formula is C14H26N2O. The minimum Gasteiger partial charge on any atom is -0.349 e. The summed E-state index contributed by atoms with van der Waals surface area (Å²) in [7, 11) is 3.99. The minimum atomic E-state index is 0.0532. The average Bonchev–Trinajstić information content (AvgIpc) is 2.23. The monoisotopic (exact) mass is 238 g/mol. The second-order valence-electron chi connectivity index (χ2n) is 5.58. The molecule has 1 saturated carbocycles. The van der Waals surface area contributed by atoms with Gasteiger partial charge in [0.05, 0.1) is 0 Å². The summed E-state index contributed by atoms with van der Waals surface area (Å²) < 4.78 is 0. The van der Waals surface area contributed by atoms with E-state index in [9.17, 15) is 4.79 Å². The minimum absolute atomic E-state index is 0.0532. The Bertz CT molecular complexity index is 263. The van der Waals surface area contributed by atoms with Crippen LogP contribution in [-0.2, 0) is 4.79 Å². The molecule has 1 rings (SSSR count). The number of hydrogen-bond donors (Lipinski definition) is 1. The van der Waals surface area contributed by atoms with Crippen LogP contribution in [-0.4, -0.2) is 37.5 Å². The molecule has 0 heterocycles. The van der Waals surface area contributed by atoms with Gasteiger partial charge >= 0.3 is 0 Å². The van der Waals surface area contributed by atoms with E-state index >= 15 is 0 Å². The molecule has 17 heavy (non-hydrogen) atoms. The zero-order valence-electron chi connectivity index (χ0n) is 11.6. The number of nitrogens with one attached hydrogen (secondary N) is 1. The van der Waals surface area contributed by atoms with Crippen molar-refractivity contribution >= 4 is 5.91 Å². The van der Waals surface area contributed by atoms with Gasteiger partial charge in [0.25, 0.3) is 0 Å². The summed E-state index contributed by atoms with van der Waals surface area (Å²) >= 11 is 0. The van der Waals surface area contributed by atoms with Crippen LogP contribution < -0.4 is 5.32 Å². The largest absolute Gasteiger partial charge is 0.349 e. The molecule has 1 N–H and O–H groups in total. The molecule has 1 aliphatic carbocycles. The Labute approximate surface area is 105 Å². The van der Waals surface area contributed by atoms with Crippen molar-refractivity contribution in [2.75, 3.05) is 20.6 Å². The second-order valence-corrected chi connectivity index (χ2v) is 5.58. The molecule has 1 amide bonds. The highest BCUT2D eigenvalue weighted by molar-refractivity contribution is 5.87. The van der Waals surface area contributed by atoms with Crippen LogP contribution in [0.15, 0.2) is 12.2 Å². The highest BCUT2D eigenvalue weighted by Crippen LogP contribution is 2.28. The van der Waals surface area contributed by atoms with Crippen molar-refractivity contribution in [3.63, 3.8) is 0 Å². The summed E-state index contributed by atoms with van der Waals surface area (Å²) in [6, 6.07) is 0.347. The summed E-state index contributed by atoms with van der Waals surface area (Å²) in [5, 5.41) is 3.15. The van der Waals surface area contributed by atoms with Gasteiger partial charge in [-0.15, -0.1) is 0 Å². The van der Waals surface area contributed by atoms with E-state index in [2.05, 4.69) is 19.2 Å². The van der Waals surface area contributed by atoms with E-state index < -0.39 is 0 Å². The number of nitrogens with zero attached hydrogens (tertiary/aromatic N) is 1. The molecule has 0 radical (unpaired) electrons. The predicted molar refractivity (Wildman–Crippen MR) is 71.8 cm³/mol. The number of rotatable bonds is 4. The van der Waals surface area contributed by atoms with Gasteiger partial charge in [-0.1, -0.05) is 26.3 Å². The van der Waals surface area contributed by atoms with Gasteiger partial charge in [-0.3, -0.25) is 4.79 Å². The summed E-state index contributed by atoms with van der Waals surface area (Å²) in [4.78, 5) is 13.8. The Balaban J connectivity index is 2.41. The number of carbonyl (C=O) groups excluding carboxylic acids is 1. The summed E-state index contributed by atoms with van der Waals surface area (Å²) in [6.45, 7) is 5.29. The van der Waals surface area contributed by atoms with Crippen LogP contribution >= 0.6 is 0 Å². The first-order valence-corrected chi connectivity index (χ1v) is 6.62. The van der Waals surface area contributed by atoms with Crippen molar-refractivity contribution in [2.45, 2.75) is 39.2 Å². The Morgan fingerprint density at radius 1 is 1.29 bits per heavy atom. The molecule has 2 atom stereocenters. The van der Waals surface area contributed by atoms with Crippen LogP contribution in [0.25, 0.3) is 0 Å². The Morgan fingerprint density at radius 3 is 2.41 bits per heavy atom. The van der Waals surface area contributed by atoms with Gasteiger partial charge in [0, 0.05) is 18.7 Å². The maximum Gasteiger partial charge on any atom is 0.243 e. The third kappa shape index (κ3) is 4.90. The van der Waals surface area contributed by atoms with Gasteiger partial charge in [0.15, 0.2) is 0 Å². The smallest absolute Gasteiger partial charge is 0.243 e. The molecule has 0 aromatic carbocycles.